The Morgan fingerprint density at radius 3 is 2.52 bits per heavy atom. The van der Waals surface area contributed by atoms with Gasteiger partial charge in [0.15, 0.2) is 0 Å². The summed E-state index contributed by atoms with van der Waals surface area (Å²) in [7, 11) is 1.56. The Kier molecular flexibility index (Phi) is 5.92. The summed E-state index contributed by atoms with van der Waals surface area (Å²) in [6, 6.07) is 10.4. The van der Waals surface area contributed by atoms with E-state index in [1.165, 1.54) is 12.1 Å². The van der Waals surface area contributed by atoms with Crippen LogP contribution in [0.2, 0.25) is 0 Å². The number of anilines is 2. The second-order valence-electron chi connectivity index (χ2n) is 6.58. The van der Waals surface area contributed by atoms with Crippen molar-refractivity contribution < 1.29 is 23.0 Å². The van der Waals surface area contributed by atoms with Crippen molar-refractivity contribution >= 4 is 23.2 Å². The number of alkyl halides is 2. The molecule has 0 spiro atoms. The summed E-state index contributed by atoms with van der Waals surface area (Å²) in [6.45, 7) is -0.0904. The molecular weight excluding hydrogens is 406 g/mol. The van der Waals surface area contributed by atoms with Gasteiger partial charge in [-0.1, -0.05) is 0 Å². The fourth-order valence-electron chi connectivity index (χ4n) is 3.25. The first-order valence-electron chi connectivity index (χ1n) is 9.60. The summed E-state index contributed by atoms with van der Waals surface area (Å²) in [5.41, 5.74) is 3.47. The van der Waals surface area contributed by atoms with Crippen LogP contribution in [0.4, 0.5) is 20.3 Å². The van der Waals surface area contributed by atoms with E-state index in [2.05, 4.69) is 19.7 Å². The third-order valence-electron chi connectivity index (χ3n) is 4.65. The molecule has 0 saturated carbocycles. The van der Waals surface area contributed by atoms with Crippen LogP contribution in [0.5, 0.6) is 17.6 Å². The molecule has 0 N–H and O–H groups in total. The van der Waals surface area contributed by atoms with Crippen LogP contribution in [-0.4, -0.2) is 41.8 Å². The highest BCUT2D eigenvalue weighted by atomic mass is 19.3. The average Bonchev–Trinajstić information content (AvgIpc) is 2.79. The van der Waals surface area contributed by atoms with Crippen molar-refractivity contribution in [1.29, 1.82) is 0 Å². The zero-order valence-corrected chi connectivity index (χ0v) is 17.0. The van der Waals surface area contributed by atoms with E-state index in [1.807, 2.05) is 24.0 Å². The molecule has 1 aromatic carbocycles. The van der Waals surface area contributed by atoms with E-state index in [-0.39, 0.29) is 11.8 Å². The smallest absolute Gasteiger partial charge is 0.387 e. The zero-order valence-electron chi connectivity index (χ0n) is 17.0. The lowest BCUT2D eigenvalue weighted by atomic mass is 10.0. The number of rotatable bonds is 7. The molecule has 31 heavy (non-hydrogen) atoms. The third kappa shape index (κ3) is 4.55. The topological polar surface area (TPSA) is 69.6 Å². The number of hydrogen-bond donors (Lipinski definition) is 0. The average molecular weight is 426 g/mol. The Hall–Kier alpha value is -3.75. The van der Waals surface area contributed by atoms with Crippen LogP contribution in [-0.2, 0) is 0 Å². The van der Waals surface area contributed by atoms with Gasteiger partial charge >= 0.3 is 12.6 Å². The number of hydrogen-bond acceptors (Lipinski definition) is 7. The molecule has 4 rings (SSSR count). The Bertz CT molecular complexity index is 1070. The fraction of sp³-hybridized carbons (Fsp3) is 0.227. The number of methoxy groups -OCH3 is 1. The predicted molar refractivity (Wildman–Crippen MR) is 112 cm³/mol. The molecule has 2 aromatic heterocycles. The maximum absolute atomic E-state index is 12.5. The summed E-state index contributed by atoms with van der Waals surface area (Å²) >= 11 is 0. The maximum atomic E-state index is 12.5. The van der Waals surface area contributed by atoms with Crippen molar-refractivity contribution in [2.24, 2.45) is 0 Å². The first kappa shape index (κ1) is 20.5. The SMILES string of the molecule is CCOc1ncc2c(n1)N(c1ccc(OC(F)F)cc1)CC(c1ccc(OC)nc1)=C2. The Labute approximate surface area is 177 Å². The number of aromatic nitrogens is 3. The van der Waals surface area contributed by atoms with E-state index in [9.17, 15) is 8.78 Å². The number of halogens is 2. The van der Waals surface area contributed by atoms with Gasteiger partial charge in [0.1, 0.15) is 11.6 Å². The highest BCUT2D eigenvalue weighted by Crippen LogP contribution is 2.37. The zero-order chi connectivity index (χ0) is 21.8. The van der Waals surface area contributed by atoms with E-state index in [1.54, 1.807) is 37.7 Å². The standard InChI is InChI=1S/C22H20F2N4O3/c1-3-30-22-26-12-15-10-16(14-4-9-19(29-2)25-11-14)13-28(20(15)27-22)17-5-7-18(8-6-17)31-21(23)24/h4-12,21H,3,13H2,1-2H3. The van der Waals surface area contributed by atoms with Crippen LogP contribution in [0.3, 0.4) is 0 Å². The van der Waals surface area contributed by atoms with Crippen molar-refractivity contribution in [3.8, 4) is 17.6 Å². The molecule has 3 aromatic rings. The molecular formula is C22H20F2N4O3. The minimum Gasteiger partial charge on any atom is -0.481 e. The van der Waals surface area contributed by atoms with Gasteiger partial charge in [0.2, 0.25) is 5.88 Å². The van der Waals surface area contributed by atoms with Gasteiger partial charge < -0.3 is 19.1 Å². The van der Waals surface area contributed by atoms with Crippen molar-refractivity contribution in [2.45, 2.75) is 13.5 Å². The van der Waals surface area contributed by atoms with E-state index >= 15 is 0 Å². The highest BCUT2D eigenvalue weighted by molar-refractivity contribution is 5.92. The molecule has 0 bridgehead atoms. The molecule has 1 aliphatic rings. The molecule has 0 saturated heterocycles. The Morgan fingerprint density at radius 1 is 1.06 bits per heavy atom. The monoisotopic (exact) mass is 426 g/mol. The summed E-state index contributed by atoms with van der Waals surface area (Å²) in [5.74, 6) is 1.27. The summed E-state index contributed by atoms with van der Waals surface area (Å²) < 4.78 is 40.1. The minimum atomic E-state index is -2.87. The normalized spacial score (nSPS) is 12.9. The Morgan fingerprint density at radius 2 is 1.87 bits per heavy atom. The van der Waals surface area contributed by atoms with Gasteiger partial charge in [-0.15, -0.1) is 0 Å². The fourth-order valence-corrected chi connectivity index (χ4v) is 3.25. The van der Waals surface area contributed by atoms with Gasteiger partial charge in [-0.3, -0.25) is 0 Å². The third-order valence-corrected chi connectivity index (χ3v) is 4.65. The first-order valence-corrected chi connectivity index (χ1v) is 9.60. The quantitative estimate of drug-likeness (QED) is 0.548. The minimum absolute atomic E-state index is 0.0868. The molecule has 0 radical (unpaired) electrons. The largest absolute Gasteiger partial charge is 0.481 e. The number of pyridine rings is 1. The number of benzene rings is 1. The summed E-state index contributed by atoms with van der Waals surface area (Å²) in [4.78, 5) is 15.1. The van der Waals surface area contributed by atoms with Gasteiger partial charge in [0, 0.05) is 29.7 Å². The van der Waals surface area contributed by atoms with Crippen LogP contribution in [0.15, 0.2) is 48.8 Å². The molecule has 160 valence electrons. The molecule has 7 nitrogen and oxygen atoms in total. The van der Waals surface area contributed by atoms with Crippen LogP contribution >= 0.6 is 0 Å². The summed E-state index contributed by atoms with van der Waals surface area (Å²) in [6.07, 6.45) is 5.44. The lowest BCUT2D eigenvalue weighted by Crippen LogP contribution is -2.25. The number of fused-ring (bicyclic) bond motifs is 1. The number of nitrogens with zero attached hydrogens (tertiary/aromatic N) is 4. The number of ether oxygens (including phenoxy) is 3. The predicted octanol–water partition coefficient (Wildman–Crippen LogP) is 4.57. The van der Waals surface area contributed by atoms with Crippen molar-refractivity contribution in [2.75, 3.05) is 25.2 Å². The van der Waals surface area contributed by atoms with E-state index in [4.69, 9.17) is 9.47 Å². The van der Waals surface area contributed by atoms with E-state index in [0.717, 1.165) is 22.4 Å². The lowest BCUT2D eigenvalue weighted by molar-refractivity contribution is -0.0498. The molecule has 0 amide bonds. The van der Waals surface area contributed by atoms with E-state index in [0.29, 0.717) is 24.8 Å². The van der Waals surface area contributed by atoms with Crippen LogP contribution < -0.4 is 19.1 Å². The highest BCUT2D eigenvalue weighted by Gasteiger charge is 2.23. The molecule has 0 aliphatic carbocycles. The Balaban J connectivity index is 1.73. The van der Waals surface area contributed by atoms with Crippen molar-refractivity contribution in [3.63, 3.8) is 0 Å². The molecule has 0 fully saturated rings. The maximum Gasteiger partial charge on any atom is 0.387 e. The van der Waals surface area contributed by atoms with Crippen molar-refractivity contribution in [3.05, 3.63) is 59.9 Å². The lowest BCUT2D eigenvalue weighted by Gasteiger charge is -2.30. The van der Waals surface area contributed by atoms with Gasteiger partial charge in [0.05, 0.1) is 20.3 Å². The second-order valence-corrected chi connectivity index (χ2v) is 6.58. The summed E-state index contributed by atoms with van der Waals surface area (Å²) in [5, 5.41) is 0. The molecule has 3 heterocycles. The molecule has 1 aliphatic heterocycles. The molecule has 0 unspecified atom stereocenters. The van der Waals surface area contributed by atoms with Gasteiger partial charge in [-0.2, -0.15) is 13.8 Å². The van der Waals surface area contributed by atoms with Gasteiger partial charge in [-0.05, 0) is 54.5 Å². The molecule has 0 atom stereocenters. The van der Waals surface area contributed by atoms with Crippen LogP contribution in [0, 0.1) is 0 Å². The first-order chi connectivity index (χ1) is 15.1. The van der Waals surface area contributed by atoms with Gasteiger partial charge in [-0.25, -0.2) is 9.97 Å². The second kappa shape index (κ2) is 8.95. The molecule has 9 heteroatoms. The van der Waals surface area contributed by atoms with Gasteiger partial charge in [0.25, 0.3) is 0 Å². The van der Waals surface area contributed by atoms with Crippen molar-refractivity contribution in [1.82, 2.24) is 15.0 Å². The van der Waals surface area contributed by atoms with E-state index < -0.39 is 6.61 Å². The van der Waals surface area contributed by atoms with Crippen LogP contribution in [0.25, 0.3) is 11.6 Å². The van der Waals surface area contributed by atoms with Crippen LogP contribution in [0.1, 0.15) is 18.1 Å².